The van der Waals surface area contributed by atoms with E-state index in [9.17, 15) is 14.9 Å². The summed E-state index contributed by atoms with van der Waals surface area (Å²) in [7, 11) is 1.67. The summed E-state index contributed by atoms with van der Waals surface area (Å²) in [6.45, 7) is 4.28. The molecule has 8 nitrogen and oxygen atoms in total. The standard InChI is InChI=1S/C26H24Cl2N6O2/c1-3-33-14-18(12-30-33)13-32-15-23(19-6-4-17(11-29)5-7-19)26(16-32)24(35)34(25(36)31(26)2)22-9-20(27)8-21(28)10-22/h4-10,12,14,23H,3,13,15-16H2,1-2H3/t23-,26+/m0/s1. The molecule has 10 heteroatoms. The lowest BCUT2D eigenvalue weighted by atomic mass is 9.80. The molecule has 0 unspecified atom stereocenters. The van der Waals surface area contributed by atoms with Crippen molar-refractivity contribution in [2.24, 2.45) is 0 Å². The number of nitrogens with zero attached hydrogens (tertiary/aromatic N) is 6. The molecule has 3 amide bonds. The van der Waals surface area contributed by atoms with Crippen molar-refractivity contribution in [3.8, 4) is 6.07 Å². The Hall–Kier alpha value is -3.38. The quantitative estimate of drug-likeness (QED) is 0.460. The number of urea groups is 1. The molecule has 0 aliphatic carbocycles. The molecule has 0 N–H and O–H groups in total. The first-order valence-electron chi connectivity index (χ1n) is 11.6. The molecule has 184 valence electrons. The number of carbonyl (C=O) groups excluding carboxylic acids is 2. The minimum Gasteiger partial charge on any atom is -0.310 e. The fraction of sp³-hybridized carbons (Fsp3) is 0.308. The molecule has 0 bridgehead atoms. The first-order chi connectivity index (χ1) is 17.3. The SMILES string of the molecule is CCn1cc(CN2C[C@@H](c3ccc(C#N)cc3)[C@]3(C2)C(=O)N(c2cc(Cl)cc(Cl)c2)C(=O)N3C)cn1. The van der Waals surface area contributed by atoms with Crippen LogP contribution in [0.25, 0.3) is 0 Å². The predicted molar refractivity (Wildman–Crippen MR) is 137 cm³/mol. The molecule has 2 fully saturated rings. The van der Waals surface area contributed by atoms with Gasteiger partial charge in [-0.15, -0.1) is 0 Å². The number of likely N-dealkylation sites (tertiary alicyclic amines) is 1. The molecule has 1 aromatic heterocycles. The van der Waals surface area contributed by atoms with E-state index < -0.39 is 11.6 Å². The third kappa shape index (κ3) is 3.94. The largest absolute Gasteiger partial charge is 0.332 e. The van der Waals surface area contributed by atoms with Crippen LogP contribution in [0.15, 0.2) is 54.9 Å². The van der Waals surface area contributed by atoms with E-state index in [1.54, 1.807) is 42.3 Å². The number of nitriles is 1. The molecule has 2 atom stereocenters. The van der Waals surface area contributed by atoms with Crippen molar-refractivity contribution < 1.29 is 9.59 Å². The minimum atomic E-state index is -1.14. The number of amides is 3. The highest BCUT2D eigenvalue weighted by Crippen LogP contribution is 2.47. The number of rotatable bonds is 5. The lowest BCUT2D eigenvalue weighted by Gasteiger charge is -2.34. The van der Waals surface area contributed by atoms with Crippen LogP contribution in [-0.4, -0.2) is 57.2 Å². The van der Waals surface area contributed by atoms with E-state index in [4.69, 9.17) is 23.2 Å². The second-order valence-electron chi connectivity index (χ2n) is 9.19. The number of halogens is 2. The summed E-state index contributed by atoms with van der Waals surface area (Å²) in [6.07, 6.45) is 3.82. The van der Waals surface area contributed by atoms with Crippen molar-refractivity contribution in [1.29, 1.82) is 5.26 Å². The monoisotopic (exact) mass is 522 g/mol. The van der Waals surface area contributed by atoms with Gasteiger partial charge in [-0.1, -0.05) is 35.3 Å². The molecular weight excluding hydrogens is 499 g/mol. The maximum Gasteiger partial charge on any atom is 0.332 e. The Balaban J connectivity index is 1.57. The van der Waals surface area contributed by atoms with Gasteiger partial charge in [-0.05, 0) is 42.8 Å². The highest BCUT2D eigenvalue weighted by molar-refractivity contribution is 6.35. The van der Waals surface area contributed by atoms with Gasteiger partial charge in [0, 0.05) is 61.0 Å². The lowest BCUT2D eigenvalue weighted by Crippen LogP contribution is -2.53. The molecule has 1 spiro atoms. The average molecular weight is 523 g/mol. The molecule has 0 radical (unpaired) electrons. The number of aromatic nitrogens is 2. The van der Waals surface area contributed by atoms with Crippen molar-refractivity contribution in [3.05, 3.63) is 81.6 Å². The van der Waals surface area contributed by atoms with E-state index in [1.807, 2.05) is 36.1 Å². The number of imide groups is 1. The number of anilines is 1. The Morgan fingerprint density at radius 1 is 1.14 bits per heavy atom. The van der Waals surface area contributed by atoms with Gasteiger partial charge in [-0.25, -0.2) is 9.69 Å². The summed E-state index contributed by atoms with van der Waals surface area (Å²) < 4.78 is 1.86. The zero-order valence-electron chi connectivity index (χ0n) is 19.9. The van der Waals surface area contributed by atoms with Crippen LogP contribution in [0.3, 0.4) is 0 Å². The van der Waals surface area contributed by atoms with Gasteiger partial charge in [0.15, 0.2) is 0 Å². The van der Waals surface area contributed by atoms with Crippen LogP contribution >= 0.6 is 23.2 Å². The highest BCUT2D eigenvalue weighted by atomic mass is 35.5. The number of carbonyl (C=O) groups is 2. The fourth-order valence-corrected chi connectivity index (χ4v) is 5.85. The van der Waals surface area contributed by atoms with Crippen molar-refractivity contribution in [3.63, 3.8) is 0 Å². The Morgan fingerprint density at radius 2 is 1.83 bits per heavy atom. The summed E-state index contributed by atoms with van der Waals surface area (Å²) in [4.78, 5) is 32.7. The number of hydrogen-bond donors (Lipinski definition) is 0. The maximum absolute atomic E-state index is 14.2. The molecule has 2 aromatic carbocycles. The second-order valence-corrected chi connectivity index (χ2v) is 10.1. The number of aryl methyl sites for hydroxylation is 1. The van der Waals surface area contributed by atoms with Crippen molar-refractivity contribution >= 4 is 40.8 Å². The molecule has 2 aliphatic heterocycles. The maximum atomic E-state index is 14.2. The smallest absolute Gasteiger partial charge is 0.310 e. The van der Waals surface area contributed by atoms with Crippen LogP contribution in [0.2, 0.25) is 10.0 Å². The first-order valence-corrected chi connectivity index (χ1v) is 12.3. The van der Waals surface area contributed by atoms with E-state index in [-0.39, 0.29) is 11.8 Å². The number of benzene rings is 2. The van der Waals surface area contributed by atoms with Gasteiger partial charge in [0.25, 0.3) is 5.91 Å². The van der Waals surface area contributed by atoms with Gasteiger partial charge in [0.05, 0.1) is 23.5 Å². The van der Waals surface area contributed by atoms with Crippen molar-refractivity contribution in [2.45, 2.75) is 31.5 Å². The Bertz CT molecular complexity index is 1360. The van der Waals surface area contributed by atoms with Crippen LogP contribution in [0.1, 0.15) is 29.5 Å². The second kappa shape index (κ2) is 9.25. The zero-order chi connectivity index (χ0) is 25.6. The summed E-state index contributed by atoms with van der Waals surface area (Å²) in [5, 5.41) is 14.3. The number of likely N-dealkylation sites (N-methyl/N-ethyl adjacent to an activating group) is 1. The van der Waals surface area contributed by atoms with Crippen LogP contribution in [-0.2, 0) is 17.9 Å². The van der Waals surface area contributed by atoms with Gasteiger partial charge >= 0.3 is 6.03 Å². The predicted octanol–water partition coefficient (Wildman–Crippen LogP) is 4.52. The van der Waals surface area contributed by atoms with Gasteiger partial charge in [0.2, 0.25) is 0 Å². The van der Waals surface area contributed by atoms with E-state index in [2.05, 4.69) is 16.1 Å². The Morgan fingerprint density at radius 3 is 2.44 bits per heavy atom. The molecule has 3 aromatic rings. The average Bonchev–Trinajstić information content (AvgIpc) is 3.52. The third-order valence-corrected chi connectivity index (χ3v) is 7.53. The van der Waals surface area contributed by atoms with Gasteiger partial charge in [-0.3, -0.25) is 14.4 Å². The van der Waals surface area contributed by atoms with Crippen LogP contribution in [0, 0.1) is 11.3 Å². The molecule has 0 saturated carbocycles. The summed E-state index contributed by atoms with van der Waals surface area (Å²) in [5.41, 5.74) is 1.66. The van der Waals surface area contributed by atoms with E-state index in [1.165, 1.54) is 4.90 Å². The zero-order valence-corrected chi connectivity index (χ0v) is 21.4. The summed E-state index contributed by atoms with van der Waals surface area (Å²) in [6, 6.07) is 13.6. The first kappa shape index (κ1) is 24.3. The van der Waals surface area contributed by atoms with E-state index in [0.29, 0.717) is 40.9 Å². The van der Waals surface area contributed by atoms with Crippen molar-refractivity contribution in [2.75, 3.05) is 25.0 Å². The molecule has 5 rings (SSSR count). The highest BCUT2D eigenvalue weighted by Gasteiger charge is 2.64. The van der Waals surface area contributed by atoms with Crippen LogP contribution < -0.4 is 4.90 Å². The minimum absolute atomic E-state index is 0.312. The summed E-state index contributed by atoms with van der Waals surface area (Å²) in [5.74, 6) is -0.637. The molecule has 3 heterocycles. The number of hydrogen-bond acceptors (Lipinski definition) is 5. The van der Waals surface area contributed by atoms with Crippen molar-refractivity contribution in [1.82, 2.24) is 19.6 Å². The summed E-state index contributed by atoms with van der Waals surface area (Å²) >= 11 is 12.4. The van der Waals surface area contributed by atoms with Crippen LogP contribution in [0.4, 0.5) is 10.5 Å². The van der Waals surface area contributed by atoms with Gasteiger partial charge in [-0.2, -0.15) is 10.4 Å². The molecule has 36 heavy (non-hydrogen) atoms. The van der Waals surface area contributed by atoms with Gasteiger partial charge in [0.1, 0.15) is 5.54 Å². The topological polar surface area (TPSA) is 85.5 Å². The van der Waals surface area contributed by atoms with E-state index in [0.717, 1.165) is 17.7 Å². The molecule has 2 saturated heterocycles. The molecular formula is C26H24Cl2N6O2. The van der Waals surface area contributed by atoms with E-state index >= 15 is 0 Å². The fourth-order valence-electron chi connectivity index (χ4n) is 5.33. The molecule has 2 aliphatic rings. The third-order valence-electron chi connectivity index (χ3n) is 7.10. The normalized spacial score (nSPS) is 22.1. The Labute approximate surface area is 219 Å². The lowest BCUT2D eigenvalue weighted by molar-refractivity contribution is -0.124. The van der Waals surface area contributed by atoms with Gasteiger partial charge < -0.3 is 4.90 Å². The Kier molecular flexibility index (Phi) is 6.25. The van der Waals surface area contributed by atoms with Crippen LogP contribution in [0.5, 0.6) is 0 Å².